The van der Waals surface area contributed by atoms with Gasteiger partial charge >= 0.3 is 0 Å². The number of rotatable bonds is 5. The van der Waals surface area contributed by atoms with Gasteiger partial charge in [0.15, 0.2) is 6.10 Å². The molecule has 7 heteroatoms. The first kappa shape index (κ1) is 18.1. The molecule has 138 valence electrons. The number of ether oxygens (including phenoxy) is 1. The third-order valence-corrected chi connectivity index (χ3v) is 4.43. The Hall–Kier alpha value is -2.67. The molecular weight excluding hydrogens is 339 g/mol. The first-order chi connectivity index (χ1) is 12.5. The van der Waals surface area contributed by atoms with E-state index in [4.69, 9.17) is 9.15 Å². The highest BCUT2D eigenvalue weighted by molar-refractivity contribution is 5.86. The van der Waals surface area contributed by atoms with Crippen LogP contribution in [0.3, 0.4) is 0 Å². The van der Waals surface area contributed by atoms with Gasteiger partial charge in [-0.15, -0.1) is 0 Å². The third kappa shape index (κ3) is 3.77. The molecule has 0 saturated carbocycles. The molecule has 6 nitrogen and oxygen atoms in total. The van der Waals surface area contributed by atoms with Crippen molar-refractivity contribution in [2.24, 2.45) is 0 Å². The number of nitrogens with zero attached hydrogens (tertiary/aromatic N) is 1. The maximum absolute atomic E-state index is 14.2. The van der Waals surface area contributed by atoms with Crippen molar-refractivity contribution in [2.45, 2.75) is 25.5 Å². The average molecular weight is 360 g/mol. The molecule has 3 rings (SSSR count). The SMILES string of the molecule is Cc1ccc(CCNC(=O)C2OCC(=O)N(C)C2c2ccccc2F)o1. The molecule has 2 aromatic rings. The van der Waals surface area contributed by atoms with E-state index in [0.29, 0.717) is 13.0 Å². The number of halogens is 1. The van der Waals surface area contributed by atoms with Crippen LogP contribution in [-0.2, 0) is 20.7 Å². The molecule has 1 saturated heterocycles. The van der Waals surface area contributed by atoms with Crippen molar-refractivity contribution >= 4 is 11.8 Å². The maximum atomic E-state index is 14.2. The number of furan rings is 1. The molecule has 1 fully saturated rings. The molecule has 0 aliphatic carbocycles. The molecule has 2 amide bonds. The molecule has 0 radical (unpaired) electrons. The number of aryl methyl sites for hydroxylation is 1. The van der Waals surface area contributed by atoms with Gasteiger partial charge in [0, 0.05) is 25.6 Å². The fourth-order valence-corrected chi connectivity index (χ4v) is 3.05. The predicted molar refractivity (Wildman–Crippen MR) is 91.8 cm³/mol. The highest BCUT2D eigenvalue weighted by Crippen LogP contribution is 2.30. The van der Waals surface area contributed by atoms with Gasteiger partial charge < -0.3 is 19.4 Å². The van der Waals surface area contributed by atoms with E-state index in [0.717, 1.165) is 11.5 Å². The van der Waals surface area contributed by atoms with Crippen LogP contribution in [0.5, 0.6) is 0 Å². The van der Waals surface area contributed by atoms with Gasteiger partial charge in [0.2, 0.25) is 5.91 Å². The number of carbonyl (C=O) groups is 2. The second kappa shape index (κ2) is 7.70. The Morgan fingerprint density at radius 3 is 2.77 bits per heavy atom. The predicted octanol–water partition coefficient (Wildman–Crippen LogP) is 1.98. The number of hydrogen-bond donors (Lipinski definition) is 1. The van der Waals surface area contributed by atoms with Crippen molar-refractivity contribution in [1.82, 2.24) is 10.2 Å². The zero-order valence-electron chi connectivity index (χ0n) is 14.7. The summed E-state index contributed by atoms with van der Waals surface area (Å²) in [6.45, 7) is 1.99. The van der Waals surface area contributed by atoms with Crippen molar-refractivity contribution < 1.29 is 23.1 Å². The summed E-state index contributed by atoms with van der Waals surface area (Å²) in [7, 11) is 1.55. The summed E-state index contributed by atoms with van der Waals surface area (Å²) in [6, 6.07) is 8.98. The average Bonchev–Trinajstić information content (AvgIpc) is 3.03. The zero-order valence-corrected chi connectivity index (χ0v) is 14.7. The summed E-state index contributed by atoms with van der Waals surface area (Å²) in [5.41, 5.74) is 0.254. The molecule has 1 N–H and O–H groups in total. The van der Waals surface area contributed by atoms with Gasteiger partial charge in [-0.3, -0.25) is 9.59 Å². The molecular formula is C19H21FN2O4. The molecule has 2 atom stereocenters. The van der Waals surface area contributed by atoms with E-state index >= 15 is 0 Å². The van der Waals surface area contributed by atoms with Crippen LogP contribution in [0.2, 0.25) is 0 Å². The number of hydrogen-bond acceptors (Lipinski definition) is 4. The minimum atomic E-state index is -0.979. The Balaban J connectivity index is 1.72. The van der Waals surface area contributed by atoms with E-state index in [1.165, 1.54) is 11.0 Å². The standard InChI is InChI=1S/C19H21FN2O4/c1-12-7-8-13(26-12)9-10-21-19(24)18-17(22(2)16(23)11-25-18)14-5-3-4-6-15(14)20/h3-8,17-18H,9-11H2,1-2H3,(H,21,24). The molecule has 2 unspecified atom stereocenters. The van der Waals surface area contributed by atoms with Gasteiger partial charge in [0.05, 0.1) is 6.04 Å². The smallest absolute Gasteiger partial charge is 0.251 e. The van der Waals surface area contributed by atoms with Crippen LogP contribution in [-0.4, -0.2) is 43.0 Å². The van der Waals surface area contributed by atoms with Crippen LogP contribution in [0.4, 0.5) is 4.39 Å². The Morgan fingerprint density at radius 2 is 2.08 bits per heavy atom. The van der Waals surface area contributed by atoms with E-state index in [-0.39, 0.29) is 24.0 Å². The van der Waals surface area contributed by atoms with Crippen molar-refractivity contribution in [3.05, 3.63) is 59.3 Å². The van der Waals surface area contributed by atoms with E-state index in [9.17, 15) is 14.0 Å². The molecule has 0 spiro atoms. The molecule has 0 bridgehead atoms. The fraction of sp³-hybridized carbons (Fsp3) is 0.368. The van der Waals surface area contributed by atoms with E-state index in [2.05, 4.69) is 5.32 Å². The van der Waals surface area contributed by atoms with E-state index in [1.54, 1.807) is 25.2 Å². The van der Waals surface area contributed by atoms with Gasteiger partial charge in [-0.25, -0.2) is 4.39 Å². The lowest BCUT2D eigenvalue weighted by Crippen LogP contribution is -2.53. The van der Waals surface area contributed by atoms with Gasteiger partial charge in [-0.1, -0.05) is 18.2 Å². The summed E-state index contributed by atoms with van der Waals surface area (Å²) in [5.74, 6) is 0.410. The number of benzene rings is 1. The lowest BCUT2D eigenvalue weighted by atomic mass is 9.97. The van der Waals surface area contributed by atoms with Gasteiger partial charge in [0.1, 0.15) is 23.9 Å². The van der Waals surface area contributed by atoms with Crippen LogP contribution in [0.15, 0.2) is 40.8 Å². The first-order valence-corrected chi connectivity index (χ1v) is 8.42. The number of likely N-dealkylation sites (N-methyl/N-ethyl adjacent to an activating group) is 1. The zero-order chi connectivity index (χ0) is 18.7. The molecule has 2 heterocycles. The number of amides is 2. The van der Waals surface area contributed by atoms with Crippen molar-refractivity contribution in [3.63, 3.8) is 0 Å². The van der Waals surface area contributed by atoms with Crippen LogP contribution in [0, 0.1) is 12.7 Å². The van der Waals surface area contributed by atoms with Crippen molar-refractivity contribution in [2.75, 3.05) is 20.2 Å². The largest absolute Gasteiger partial charge is 0.466 e. The number of morpholine rings is 1. The Kier molecular flexibility index (Phi) is 5.37. The van der Waals surface area contributed by atoms with Crippen LogP contribution in [0.25, 0.3) is 0 Å². The lowest BCUT2D eigenvalue weighted by molar-refractivity contribution is -0.162. The second-order valence-corrected chi connectivity index (χ2v) is 6.26. The van der Waals surface area contributed by atoms with E-state index in [1.807, 2.05) is 19.1 Å². The fourth-order valence-electron chi connectivity index (χ4n) is 3.05. The Bertz CT molecular complexity index is 804. The highest BCUT2D eigenvalue weighted by Gasteiger charge is 2.41. The normalized spacial score (nSPS) is 20.3. The van der Waals surface area contributed by atoms with Gasteiger partial charge in [-0.05, 0) is 25.1 Å². The summed E-state index contributed by atoms with van der Waals surface area (Å²) in [5, 5.41) is 2.78. The number of carbonyl (C=O) groups excluding carboxylic acids is 2. The molecule has 1 aromatic heterocycles. The maximum Gasteiger partial charge on any atom is 0.251 e. The quantitative estimate of drug-likeness (QED) is 0.885. The first-order valence-electron chi connectivity index (χ1n) is 8.42. The van der Waals surface area contributed by atoms with Gasteiger partial charge in [-0.2, -0.15) is 0 Å². The number of nitrogens with one attached hydrogen (secondary N) is 1. The summed E-state index contributed by atoms with van der Waals surface area (Å²) in [6.07, 6.45) is -0.446. The lowest BCUT2D eigenvalue weighted by Gasteiger charge is -2.38. The molecule has 1 aliphatic rings. The minimum Gasteiger partial charge on any atom is -0.466 e. The molecule has 26 heavy (non-hydrogen) atoms. The van der Waals surface area contributed by atoms with Gasteiger partial charge in [0.25, 0.3) is 5.91 Å². The highest BCUT2D eigenvalue weighted by atomic mass is 19.1. The summed E-state index contributed by atoms with van der Waals surface area (Å²) in [4.78, 5) is 26.0. The minimum absolute atomic E-state index is 0.211. The monoisotopic (exact) mass is 360 g/mol. The van der Waals surface area contributed by atoms with E-state index < -0.39 is 18.0 Å². The molecule has 1 aromatic carbocycles. The second-order valence-electron chi connectivity index (χ2n) is 6.26. The van der Waals surface area contributed by atoms with Crippen LogP contribution >= 0.6 is 0 Å². The van der Waals surface area contributed by atoms with Crippen LogP contribution in [0.1, 0.15) is 23.1 Å². The Morgan fingerprint density at radius 1 is 1.31 bits per heavy atom. The van der Waals surface area contributed by atoms with Crippen molar-refractivity contribution in [3.8, 4) is 0 Å². The molecule has 1 aliphatic heterocycles. The third-order valence-electron chi connectivity index (χ3n) is 4.43. The summed E-state index contributed by atoms with van der Waals surface area (Å²) < 4.78 is 25.2. The van der Waals surface area contributed by atoms with Crippen LogP contribution < -0.4 is 5.32 Å². The topological polar surface area (TPSA) is 71.8 Å². The Labute approximate surface area is 150 Å². The summed E-state index contributed by atoms with van der Waals surface area (Å²) >= 11 is 0. The van der Waals surface area contributed by atoms with Crippen molar-refractivity contribution in [1.29, 1.82) is 0 Å².